The van der Waals surface area contributed by atoms with Crippen LogP contribution in [0.3, 0.4) is 0 Å². The Labute approximate surface area is 190 Å². The van der Waals surface area contributed by atoms with Crippen LogP contribution < -0.4 is 10.5 Å². The van der Waals surface area contributed by atoms with Crippen molar-refractivity contribution in [3.05, 3.63) is 71.5 Å². The summed E-state index contributed by atoms with van der Waals surface area (Å²) in [4.78, 5) is 32.4. The number of carbonyl (C=O) groups is 1. The highest BCUT2D eigenvalue weighted by molar-refractivity contribution is 6.30. The molecule has 5 rings (SSSR count). The van der Waals surface area contributed by atoms with Crippen molar-refractivity contribution in [2.24, 2.45) is 10.7 Å². The minimum atomic E-state index is -1.20. The van der Waals surface area contributed by atoms with E-state index in [0.29, 0.717) is 35.0 Å². The summed E-state index contributed by atoms with van der Waals surface area (Å²) >= 11 is 6.14. The summed E-state index contributed by atoms with van der Waals surface area (Å²) in [7, 11) is 1.63. The summed E-state index contributed by atoms with van der Waals surface area (Å²) in [6.45, 7) is 1.94. The van der Waals surface area contributed by atoms with Crippen molar-refractivity contribution in [3.8, 4) is 16.9 Å². The topological polar surface area (TPSA) is 107 Å². The lowest BCUT2D eigenvalue weighted by Crippen LogP contribution is -2.51. The Kier molecular flexibility index (Phi) is 4.63. The van der Waals surface area contributed by atoms with Crippen LogP contribution in [0.5, 0.6) is 5.75 Å². The molecule has 0 saturated carbocycles. The fourth-order valence-electron chi connectivity index (χ4n) is 4.47. The first-order valence-corrected chi connectivity index (χ1v) is 10.5. The standard InChI is InChI=1S/C23H21ClN6O2/c1-22(10-19-27-6-3-7-28-19)13-23(20(31)30(2)21(25)29-23)17-9-14(4-5-18(17)32-22)15-8-16(24)12-26-11-15/h3-9,11-12H,10,13H2,1-2H3,(H2,25,29)/t22-,23+/m1/s1. The van der Waals surface area contributed by atoms with Crippen molar-refractivity contribution in [2.75, 3.05) is 7.05 Å². The van der Waals surface area contributed by atoms with E-state index in [2.05, 4.69) is 19.9 Å². The summed E-state index contributed by atoms with van der Waals surface area (Å²) in [5.74, 6) is 1.19. The second kappa shape index (κ2) is 7.27. The van der Waals surface area contributed by atoms with Gasteiger partial charge in [-0.15, -0.1) is 0 Å². The molecular weight excluding hydrogens is 428 g/mol. The predicted molar refractivity (Wildman–Crippen MR) is 120 cm³/mol. The van der Waals surface area contributed by atoms with Gasteiger partial charge in [-0.3, -0.25) is 14.7 Å². The molecule has 2 aliphatic heterocycles. The number of guanidine groups is 1. The molecule has 0 aliphatic carbocycles. The van der Waals surface area contributed by atoms with Crippen molar-refractivity contribution in [3.63, 3.8) is 0 Å². The van der Waals surface area contributed by atoms with Gasteiger partial charge in [0.1, 0.15) is 17.2 Å². The van der Waals surface area contributed by atoms with E-state index in [9.17, 15) is 4.79 Å². The maximum Gasteiger partial charge on any atom is 0.261 e. The zero-order valence-corrected chi connectivity index (χ0v) is 18.4. The summed E-state index contributed by atoms with van der Waals surface area (Å²) < 4.78 is 6.44. The van der Waals surface area contributed by atoms with Crippen molar-refractivity contribution < 1.29 is 9.53 Å². The minimum Gasteiger partial charge on any atom is -0.487 e. The van der Waals surface area contributed by atoms with Crippen LogP contribution in [0.1, 0.15) is 24.7 Å². The van der Waals surface area contributed by atoms with Gasteiger partial charge >= 0.3 is 0 Å². The SMILES string of the molecule is CN1C(=O)[C@@]2(C[C@@](C)(Cc3ncccn3)Oc3ccc(-c4cncc(Cl)c4)cc32)N=C1N. The molecule has 8 nitrogen and oxygen atoms in total. The van der Waals surface area contributed by atoms with Gasteiger partial charge in [-0.05, 0) is 36.8 Å². The molecule has 0 fully saturated rings. The Balaban J connectivity index is 1.65. The van der Waals surface area contributed by atoms with E-state index in [1.54, 1.807) is 37.9 Å². The number of rotatable bonds is 3. The van der Waals surface area contributed by atoms with Crippen molar-refractivity contribution >= 4 is 23.5 Å². The number of halogens is 1. The number of nitrogens with zero attached hydrogens (tertiary/aromatic N) is 5. The van der Waals surface area contributed by atoms with Crippen LogP contribution in [-0.4, -0.2) is 44.4 Å². The Morgan fingerprint density at radius 1 is 1.19 bits per heavy atom. The molecule has 3 aromatic rings. The number of ether oxygens (including phenoxy) is 1. The smallest absolute Gasteiger partial charge is 0.261 e. The number of hydrogen-bond donors (Lipinski definition) is 1. The zero-order valence-electron chi connectivity index (χ0n) is 17.6. The molecule has 9 heteroatoms. The highest BCUT2D eigenvalue weighted by Crippen LogP contribution is 2.50. The minimum absolute atomic E-state index is 0.177. The second-order valence-electron chi connectivity index (χ2n) is 8.37. The number of amides is 1. The number of aliphatic imine (C=N–C) groups is 1. The predicted octanol–water partition coefficient (Wildman–Crippen LogP) is 2.96. The molecule has 1 amide bonds. The average Bonchev–Trinajstić information content (AvgIpc) is 2.97. The van der Waals surface area contributed by atoms with Gasteiger partial charge in [0, 0.05) is 55.8 Å². The number of aromatic nitrogens is 3. The summed E-state index contributed by atoms with van der Waals surface area (Å²) in [6.07, 6.45) is 7.39. The van der Waals surface area contributed by atoms with Crippen LogP contribution in [0, 0.1) is 0 Å². The number of hydrogen-bond acceptors (Lipinski definition) is 7. The Bertz CT molecular complexity index is 1250. The summed E-state index contributed by atoms with van der Waals surface area (Å²) in [5, 5.41) is 0.528. The first-order valence-electron chi connectivity index (χ1n) is 10.1. The average molecular weight is 449 g/mol. The Morgan fingerprint density at radius 2 is 1.97 bits per heavy atom. The molecule has 0 unspecified atom stereocenters. The third-order valence-electron chi connectivity index (χ3n) is 5.91. The molecule has 2 aliphatic rings. The lowest BCUT2D eigenvalue weighted by Gasteiger charge is -2.43. The Hall–Kier alpha value is -3.52. The molecule has 0 bridgehead atoms. The molecule has 1 aromatic carbocycles. The maximum atomic E-state index is 13.5. The fourth-order valence-corrected chi connectivity index (χ4v) is 4.65. The number of nitrogens with two attached hydrogens (primary N) is 1. The lowest BCUT2D eigenvalue weighted by molar-refractivity contribution is -0.134. The van der Waals surface area contributed by atoms with Gasteiger partial charge in [-0.2, -0.15) is 0 Å². The number of benzene rings is 1. The van der Waals surface area contributed by atoms with E-state index in [1.807, 2.05) is 31.2 Å². The number of pyridine rings is 1. The molecule has 4 heterocycles. The molecular formula is C23H21ClN6O2. The highest BCUT2D eigenvalue weighted by atomic mass is 35.5. The maximum absolute atomic E-state index is 13.5. The fraction of sp³-hybridized carbons (Fsp3) is 0.261. The van der Waals surface area contributed by atoms with Gasteiger partial charge < -0.3 is 10.5 Å². The second-order valence-corrected chi connectivity index (χ2v) is 8.80. The van der Waals surface area contributed by atoms with E-state index >= 15 is 0 Å². The molecule has 162 valence electrons. The van der Waals surface area contributed by atoms with E-state index in [4.69, 9.17) is 22.1 Å². The van der Waals surface area contributed by atoms with Crippen LogP contribution in [0.4, 0.5) is 0 Å². The number of likely N-dealkylation sites (N-methyl/N-ethyl adjacent to an activating group) is 1. The zero-order chi connectivity index (χ0) is 22.5. The molecule has 1 spiro atoms. The molecule has 0 radical (unpaired) electrons. The normalized spacial score (nSPS) is 24.3. The van der Waals surface area contributed by atoms with Crippen LogP contribution in [-0.2, 0) is 16.8 Å². The van der Waals surface area contributed by atoms with Gasteiger partial charge in [0.2, 0.25) is 0 Å². The number of fused-ring (bicyclic) bond motifs is 2. The van der Waals surface area contributed by atoms with Gasteiger partial charge in [0.25, 0.3) is 5.91 Å². The monoisotopic (exact) mass is 448 g/mol. The van der Waals surface area contributed by atoms with Gasteiger partial charge in [0.05, 0.1) is 5.02 Å². The summed E-state index contributed by atoms with van der Waals surface area (Å²) in [6, 6.07) is 9.27. The molecule has 2 N–H and O–H groups in total. The first kappa shape index (κ1) is 20.4. The van der Waals surface area contributed by atoms with Gasteiger partial charge in [-0.1, -0.05) is 17.7 Å². The van der Waals surface area contributed by atoms with Crippen LogP contribution >= 0.6 is 11.6 Å². The molecule has 32 heavy (non-hydrogen) atoms. The van der Waals surface area contributed by atoms with E-state index in [1.165, 1.54) is 4.90 Å². The quantitative estimate of drug-likeness (QED) is 0.660. The molecule has 2 aromatic heterocycles. The largest absolute Gasteiger partial charge is 0.487 e. The summed E-state index contributed by atoms with van der Waals surface area (Å²) in [5.41, 5.74) is 6.49. The highest BCUT2D eigenvalue weighted by Gasteiger charge is 2.57. The number of carbonyl (C=O) groups excluding carboxylic acids is 1. The van der Waals surface area contributed by atoms with Crippen molar-refractivity contribution in [1.29, 1.82) is 0 Å². The van der Waals surface area contributed by atoms with Crippen LogP contribution in [0.15, 0.2) is 60.1 Å². The van der Waals surface area contributed by atoms with Crippen LogP contribution in [0.25, 0.3) is 11.1 Å². The lowest BCUT2D eigenvalue weighted by atomic mass is 9.75. The molecule has 0 saturated heterocycles. The van der Waals surface area contributed by atoms with E-state index < -0.39 is 11.1 Å². The van der Waals surface area contributed by atoms with Gasteiger partial charge in [-0.25, -0.2) is 15.0 Å². The van der Waals surface area contributed by atoms with Crippen molar-refractivity contribution in [1.82, 2.24) is 19.9 Å². The van der Waals surface area contributed by atoms with Gasteiger partial charge in [0.15, 0.2) is 11.5 Å². The third kappa shape index (κ3) is 3.27. The Morgan fingerprint density at radius 3 is 2.66 bits per heavy atom. The van der Waals surface area contributed by atoms with Crippen LogP contribution in [0.2, 0.25) is 5.02 Å². The van der Waals surface area contributed by atoms with E-state index in [-0.39, 0.29) is 11.9 Å². The van der Waals surface area contributed by atoms with Crippen molar-refractivity contribution in [2.45, 2.75) is 30.9 Å². The molecule has 2 atom stereocenters. The third-order valence-corrected chi connectivity index (χ3v) is 6.11. The van der Waals surface area contributed by atoms with E-state index in [0.717, 1.165) is 11.1 Å². The first-order chi connectivity index (χ1) is 15.3.